The van der Waals surface area contributed by atoms with Crippen molar-refractivity contribution in [2.75, 3.05) is 13.1 Å². The van der Waals surface area contributed by atoms with Gasteiger partial charge in [0.15, 0.2) is 0 Å². The third-order valence-electron chi connectivity index (χ3n) is 6.79. The second-order valence-corrected chi connectivity index (χ2v) is 9.33. The molecule has 0 aliphatic carbocycles. The van der Waals surface area contributed by atoms with E-state index in [1.54, 1.807) is 0 Å². The standard InChI is InChI=1S/C30H48N.BrH/c1-3-5-7-9-11-13-21-27-31(29-23-17-15-18-24-29,30-25-19-16-20-26-30)28-22-14-12-10-8-6-4-2;/h15-20,23-26H,3-14,21-22,27-28H2,1-2H3;1H/q+1;/p-1. The fraction of sp³-hybridized carbons (Fsp3) is 0.600. The molecule has 0 unspecified atom stereocenters. The highest BCUT2D eigenvalue weighted by molar-refractivity contribution is 5.58. The molecule has 0 aliphatic rings. The number of hydrogen-bond donors (Lipinski definition) is 0. The predicted molar refractivity (Wildman–Crippen MR) is 140 cm³/mol. The van der Waals surface area contributed by atoms with Gasteiger partial charge in [0.1, 0.15) is 11.4 Å². The molecule has 1 nitrogen and oxygen atoms in total. The van der Waals surface area contributed by atoms with Gasteiger partial charge in [-0.2, -0.15) is 0 Å². The summed E-state index contributed by atoms with van der Waals surface area (Å²) in [6.07, 6.45) is 19.2. The van der Waals surface area contributed by atoms with E-state index in [2.05, 4.69) is 74.5 Å². The van der Waals surface area contributed by atoms with Gasteiger partial charge in [0, 0.05) is 0 Å². The molecule has 2 rings (SSSR count). The van der Waals surface area contributed by atoms with Gasteiger partial charge in [-0.3, -0.25) is 4.48 Å². The molecule has 0 heterocycles. The maximum absolute atomic E-state index is 2.36. The molecule has 2 aromatic carbocycles. The minimum absolute atomic E-state index is 0. The van der Waals surface area contributed by atoms with Crippen LogP contribution in [0.25, 0.3) is 0 Å². The van der Waals surface area contributed by atoms with E-state index in [4.69, 9.17) is 0 Å². The minimum atomic E-state index is 0. The summed E-state index contributed by atoms with van der Waals surface area (Å²) in [6.45, 7) is 7.04. The van der Waals surface area contributed by atoms with Crippen molar-refractivity contribution in [1.29, 1.82) is 0 Å². The van der Waals surface area contributed by atoms with Crippen LogP contribution < -0.4 is 21.5 Å². The Morgan fingerprint density at radius 2 is 0.750 bits per heavy atom. The molecule has 0 amide bonds. The average molecular weight is 503 g/mol. The van der Waals surface area contributed by atoms with Gasteiger partial charge in [-0.15, -0.1) is 0 Å². The first-order valence-corrected chi connectivity index (χ1v) is 13.3. The summed E-state index contributed by atoms with van der Waals surface area (Å²) in [6, 6.07) is 22.6. The molecule has 0 saturated carbocycles. The van der Waals surface area contributed by atoms with Crippen molar-refractivity contribution in [3.8, 4) is 0 Å². The summed E-state index contributed by atoms with van der Waals surface area (Å²) >= 11 is 0. The number of quaternary nitrogens is 1. The van der Waals surface area contributed by atoms with Crippen molar-refractivity contribution in [3.05, 3.63) is 60.7 Å². The van der Waals surface area contributed by atoms with Crippen molar-refractivity contribution >= 4 is 11.4 Å². The Balaban J connectivity index is 0.00000512. The highest BCUT2D eigenvalue weighted by Crippen LogP contribution is 2.36. The molecule has 0 atom stereocenters. The van der Waals surface area contributed by atoms with Crippen molar-refractivity contribution in [2.24, 2.45) is 0 Å². The predicted octanol–water partition coefficient (Wildman–Crippen LogP) is 6.83. The topological polar surface area (TPSA) is 0 Å². The Morgan fingerprint density at radius 1 is 0.438 bits per heavy atom. The number of nitrogens with zero attached hydrogens (tertiary/aromatic N) is 1. The molecular formula is C30H48BrN. The van der Waals surface area contributed by atoms with E-state index in [9.17, 15) is 0 Å². The van der Waals surface area contributed by atoms with Crippen molar-refractivity contribution < 1.29 is 17.0 Å². The second-order valence-electron chi connectivity index (χ2n) is 9.33. The van der Waals surface area contributed by atoms with Crippen molar-refractivity contribution in [3.63, 3.8) is 0 Å². The maximum atomic E-state index is 2.36. The highest BCUT2D eigenvalue weighted by Gasteiger charge is 2.32. The third-order valence-corrected chi connectivity index (χ3v) is 6.79. The lowest BCUT2D eigenvalue weighted by molar-refractivity contribution is -0.00000658. The van der Waals surface area contributed by atoms with Gasteiger partial charge in [0.2, 0.25) is 0 Å². The monoisotopic (exact) mass is 501 g/mol. The third kappa shape index (κ3) is 10.2. The van der Waals surface area contributed by atoms with Crippen LogP contribution in [0.5, 0.6) is 0 Å². The molecule has 0 radical (unpaired) electrons. The van der Waals surface area contributed by atoms with Crippen LogP contribution in [-0.2, 0) is 0 Å². The van der Waals surface area contributed by atoms with Gasteiger partial charge in [0.25, 0.3) is 0 Å². The van der Waals surface area contributed by atoms with E-state index in [0.29, 0.717) is 0 Å². The van der Waals surface area contributed by atoms with Crippen molar-refractivity contribution in [2.45, 2.75) is 104 Å². The number of para-hydroxylation sites is 2. The van der Waals surface area contributed by atoms with Gasteiger partial charge in [-0.1, -0.05) is 114 Å². The maximum Gasteiger partial charge on any atom is 0.137 e. The van der Waals surface area contributed by atoms with Gasteiger partial charge >= 0.3 is 0 Å². The summed E-state index contributed by atoms with van der Waals surface area (Å²) in [5.41, 5.74) is 2.93. The Hall–Kier alpha value is -1.12. The largest absolute Gasteiger partial charge is 1.00 e. The van der Waals surface area contributed by atoms with Crippen LogP contribution in [0.3, 0.4) is 0 Å². The van der Waals surface area contributed by atoms with Crippen LogP contribution in [0.4, 0.5) is 11.4 Å². The molecule has 0 aliphatic heterocycles. The summed E-state index contributed by atoms with van der Waals surface area (Å²) in [7, 11) is 0. The molecular weight excluding hydrogens is 454 g/mol. The van der Waals surface area contributed by atoms with Gasteiger partial charge < -0.3 is 17.0 Å². The Kier molecular flexibility index (Phi) is 16.6. The summed E-state index contributed by atoms with van der Waals surface area (Å²) in [5, 5.41) is 0. The summed E-state index contributed by atoms with van der Waals surface area (Å²) in [4.78, 5) is 0. The van der Waals surface area contributed by atoms with E-state index in [1.165, 1.54) is 114 Å². The molecule has 2 aromatic rings. The zero-order valence-corrected chi connectivity index (χ0v) is 22.5. The number of rotatable bonds is 18. The average Bonchev–Trinajstić information content (AvgIpc) is 2.83. The first-order valence-electron chi connectivity index (χ1n) is 13.3. The molecule has 2 heteroatoms. The Morgan fingerprint density at radius 3 is 1.09 bits per heavy atom. The number of halogens is 1. The number of unbranched alkanes of at least 4 members (excludes halogenated alkanes) is 12. The van der Waals surface area contributed by atoms with E-state index >= 15 is 0 Å². The van der Waals surface area contributed by atoms with Crippen LogP contribution in [-0.4, -0.2) is 13.1 Å². The molecule has 32 heavy (non-hydrogen) atoms. The lowest BCUT2D eigenvalue weighted by Gasteiger charge is -2.38. The van der Waals surface area contributed by atoms with Gasteiger partial charge in [0.05, 0.1) is 13.1 Å². The first kappa shape index (κ1) is 28.9. The zero-order chi connectivity index (χ0) is 22.0. The normalized spacial score (nSPS) is 11.3. The summed E-state index contributed by atoms with van der Waals surface area (Å²) < 4.78 is 1.02. The highest BCUT2D eigenvalue weighted by atomic mass is 79.9. The van der Waals surface area contributed by atoms with Crippen LogP contribution >= 0.6 is 0 Å². The van der Waals surface area contributed by atoms with E-state index in [-0.39, 0.29) is 17.0 Å². The smallest absolute Gasteiger partial charge is 0.137 e. The van der Waals surface area contributed by atoms with Crippen LogP contribution in [0.2, 0.25) is 0 Å². The van der Waals surface area contributed by atoms with Crippen molar-refractivity contribution in [1.82, 2.24) is 4.48 Å². The molecule has 0 bridgehead atoms. The van der Waals surface area contributed by atoms with Gasteiger partial charge in [-0.05, 0) is 49.9 Å². The lowest BCUT2D eigenvalue weighted by Crippen LogP contribution is -3.00. The number of benzene rings is 2. The lowest BCUT2D eigenvalue weighted by atomic mass is 10.0. The molecule has 0 spiro atoms. The molecule has 0 N–H and O–H groups in total. The molecule has 0 saturated heterocycles. The second kappa shape index (κ2) is 18.3. The Bertz CT molecular complexity index is 596. The fourth-order valence-electron chi connectivity index (χ4n) is 4.88. The number of hydrogen-bond acceptors (Lipinski definition) is 0. The zero-order valence-electron chi connectivity index (χ0n) is 20.9. The van der Waals surface area contributed by atoms with Gasteiger partial charge in [-0.25, -0.2) is 0 Å². The van der Waals surface area contributed by atoms with E-state index in [1.807, 2.05) is 0 Å². The fourth-order valence-corrected chi connectivity index (χ4v) is 4.88. The minimum Gasteiger partial charge on any atom is -1.00 e. The molecule has 0 fully saturated rings. The summed E-state index contributed by atoms with van der Waals surface area (Å²) in [5.74, 6) is 0. The van der Waals surface area contributed by atoms with Crippen LogP contribution in [0, 0.1) is 0 Å². The van der Waals surface area contributed by atoms with E-state index in [0.717, 1.165) is 4.48 Å². The Labute approximate surface area is 210 Å². The molecule has 0 aromatic heterocycles. The first-order chi connectivity index (χ1) is 15.3. The quantitative estimate of drug-likeness (QED) is 0.155. The van der Waals surface area contributed by atoms with Crippen LogP contribution in [0.1, 0.15) is 104 Å². The van der Waals surface area contributed by atoms with Crippen LogP contribution in [0.15, 0.2) is 60.7 Å². The SMILES string of the molecule is CCCCCCCCC[N+](CCCCCCCCC)(c1ccccc1)c1ccccc1.[Br-]. The molecule has 180 valence electrons. The van der Waals surface area contributed by atoms with E-state index < -0.39 is 0 Å².